The van der Waals surface area contributed by atoms with E-state index in [2.05, 4.69) is 11.4 Å². The van der Waals surface area contributed by atoms with Crippen LogP contribution in [0.4, 0.5) is 0 Å². The van der Waals surface area contributed by atoms with Gasteiger partial charge >= 0.3 is 0 Å². The fourth-order valence-electron chi connectivity index (χ4n) is 2.71. The third kappa shape index (κ3) is 3.28. The molecular weight excluding hydrogens is 274 g/mol. The molecule has 0 saturated carbocycles. The summed E-state index contributed by atoms with van der Waals surface area (Å²) >= 11 is 6.22. The minimum absolute atomic E-state index is 0.569. The first-order valence-electron chi connectivity index (χ1n) is 7.29. The third-order valence-electron chi connectivity index (χ3n) is 3.74. The van der Waals surface area contributed by atoms with Gasteiger partial charge in [-0.05, 0) is 49.9 Å². The molecule has 0 amide bonds. The number of hydrogen-bond acceptors (Lipinski definition) is 3. The van der Waals surface area contributed by atoms with E-state index in [0.29, 0.717) is 24.0 Å². The summed E-state index contributed by atoms with van der Waals surface area (Å²) in [4.78, 5) is 0. The van der Waals surface area contributed by atoms with Crippen molar-refractivity contribution in [3.63, 3.8) is 0 Å². The molecule has 2 aliphatic rings. The lowest BCUT2D eigenvalue weighted by Gasteiger charge is -2.20. The van der Waals surface area contributed by atoms with Crippen molar-refractivity contribution in [3.05, 3.63) is 34.4 Å². The van der Waals surface area contributed by atoms with Gasteiger partial charge in [0, 0.05) is 6.54 Å². The molecule has 1 aliphatic heterocycles. The van der Waals surface area contributed by atoms with Crippen molar-refractivity contribution in [1.82, 2.24) is 5.32 Å². The molecule has 0 bridgehead atoms. The predicted molar refractivity (Wildman–Crippen MR) is 80.7 cm³/mol. The molecule has 1 heterocycles. The second kappa shape index (κ2) is 6.51. The van der Waals surface area contributed by atoms with E-state index in [1.165, 1.54) is 19.3 Å². The highest BCUT2D eigenvalue weighted by atomic mass is 35.5. The van der Waals surface area contributed by atoms with E-state index in [0.717, 1.165) is 30.8 Å². The molecule has 108 valence electrons. The van der Waals surface area contributed by atoms with Gasteiger partial charge in [0.1, 0.15) is 13.2 Å². The van der Waals surface area contributed by atoms with Crippen molar-refractivity contribution >= 4 is 11.6 Å². The topological polar surface area (TPSA) is 30.5 Å². The van der Waals surface area contributed by atoms with Crippen LogP contribution in [0.1, 0.15) is 31.2 Å². The van der Waals surface area contributed by atoms with E-state index in [1.807, 2.05) is 12.1 Å². The molecule has 0 aromatic heterocycles. The molecule has 3 rings (SSSR count). The average Bonchev–Trinajstić information content (AvgIpc) is 2.97. The number of allylic oxidation sites excluding steroid dienone is 1. The van der Waals surface area contributed by atoms with Crippen molar-refractivity contribution < 1.29 is 9.47 Å². The Bertz CT molecular complexity index is 513. The number of ether oxygens (including phenoxy) is 2. The normalized spacial score (nSPS) is 17.1. The van der Waals surface area contributed by atoms with Crippen molar-refractivity contribution in [1.29, 1.82) is 0 Å². The average molecular weight is 294 g/mol. The van der Waals surface area contributed by atoms with Crippen molar-refractivity contribution in [2.24, 2.45) is 0 Å². The van der Waals surface area contributed by atoms with Crippen LogP contribution >= 0.6 is 11.6 Å². The summed E-state index contributed by atoms with van der Waals surface area (Å²) < 4.78 is 11.1. The number of hydrogen-bond donors (Lipinski definition) is 1. The number of nitrogens with one attached hydrogen (secondary N) is 1. The van der Waals surface area contributed by atoms with Gasteiger partial charge in [0.25, 0.3) is 0 Å². The van der Waals surface area contributed by atoms with Crippen LogP contribution in [0.3, 0.4) is 0 Å². The summed E-state index contributed by atoms with van der Waals surface area (Å²) in [6.07, 6.45) is 7.39. The molecule has 0 atom stereocenters. The number of rotatable bonds is 5. The highest BCUT2D eigenvalue weighted by Gasteiger charge is 2.16. The van der Waals surface area contributed by atoms with Crippen LogP contribution in [0.25, 0.3) is 0 Å². The van der Waals surface area contributed by atoms with E-state index in [4.69, 9.17) is 21.1 Å². The molecule has 1 aliphatic carbocycles. The lowest BCUT2D eigenvalue weighted by atomic mass is 10.1. The predicted octanol–water partition coefficient (Wildman–Crippen LogP) is 3.70. The van der Waals surface area contributed by atoms with Gasteiger partial charge in [0.05, 0.1) is 5.02 Å². The van der Waals surface area contributed by atoms with Crippen molar-refractivity contribution in [2.75, 3.05) is 19.8 Å². The first-order valence-corrected chi connectivity index (χ1v) is 7.67. The highest BCUT2D eigenvalue weighted by molar-refractivity contribution is 6.32. The van der Waals surface area contributed by atoms with E-state index in [1.54, 1.807) is 5.57 Å². The van der Waals surface area contributed by atoms with Gasteiger partial charge in [-0.2, -0.15) is 0 Å². The summed E-state index contributed by atoms with van der Waals surface area (Å²) in [7, 11) is 0. The van der Waals surface area contributed by atoms with E-state index < -0.39 is 0 Å². The standard InChI is InChI=1S/C16H20ClNO2/c17-14-9-13(10-15-16(14)20-8-7-19-15)11-18-6-5-12-3-1-2-4-12/h3,9-10,18H,1-2,4-8,11H2. The summed E-state index contributed by atoms with van der Waals surface area (Å²) in [5.41, 5.74) is 2.73. The Labute approximate surface area is 124 Å². The lowest BCUT2D eigenvalue weighted by molar-refractivity contribution is 0.171. The molecule has 0 radical (unpaired) electrons. The molecule has 0 saturated heterocycles. The van der Waals surface area contributed by atoms with E-state index >= 15 is 0 Å². The second-order valence-corrected chi connectivity index (χ2v) is 5.69. The molecule has 1 aromatic rings. The van der Waals surface area contributed by atoms with Gasteiger partial charge in [-0.3, -0.25) is 0 Å². The molecule has 20 heavy (non-hydrogen) atoms. The fourth-order valence-corrected chi connectivity index (χ4v) is 3.00. The summed E-state index contributed by atoms with van der Waals surface area (Å²) in [6, 6.07) is 3.97. The maximum absolute atomic E-state index is 6.22. The largest absolute Gasteiger partial charge is 0.486 e. The Morgan fingerprint density at radius 2 is 2.10 bits per heavy atom. The summed E-state index contributed by atoms with van der Waals surface area (Å²) in [5, 5.41) is 4.10. The van der Waals surface area contributed by atoms with E-state index in [-0.39, 0.29) is 0 Å². The van der Waals surface area contributed by atoms with Crippen molar-refractivity contribution in [3.8, 4) is 11.5 Å². The van der Waals surface area contributed by atoms with Crippen LogP contribution in [-0.2, 0) is 6.54 Å². The molecule has 4 heteroatoms. The van der Waals surface area contributed by atoms with Crippen LogP contribution in [0.5, 0.6) is 11.5 Å². The smallest absolute Gasteiger partial charge is 0.179 e. The number of halogens is 1. The van der Waals surface area contributed by atoms with E-state index in [9.17, 15) is 0 Å². The van der Waals surface area contributed by atoms with Crippen LogP contribution in [-0.4, -0.2) is 19.8 Å². The van der Waals surface area contributed by atoms with Gasteiger partial charge in [0.15, 0.2) is 11.5 Å². The van der Waals surface area contributed by atoms with Crippen LogP contribution in [0.2, 0.25) is 5.02 Å². The first kappa shape index (κ1) is 13.8. The minimum atomic E-state index is 0.569. The Hall–Kier alpha value is -1.19. The SMILES string of the molecule is Clc1cc(CNCCC2=CCCC2)cc2c1OCCO2. The maximum atomic E-state index is 6.22. The number of fused-ring (bicyclic) bond motifs is 1. The van der Waals surface area contributed by atoms with Gasteiger partial charge in [-0.25, -0.2) is 0 Å². The quantitative estimate of drug-likeness (QED) is 0.663. The Kier molecular flexibility index (Phi) is 4.48. The molecule has 0 spiro atoms. The molecular formula is C16H20ClNO2. The van der Waals surface area contributed by atoms with Crippen LogP contribution in [0, 0.1) is 0 Å². The highest BCUT2D eigenvalue weighted by Crippen LogP contribution is 2.38. The molecule has 0 fully saturated rings. The second-order valence-electron chi connectivity index (χ2n) is 5.28. The van der Waals surface area contributed by atoms with Gasteiger partial charge < -0.3 is 14.8 Å². The third-order valence-corrected chi connectivity index (χ3v) is 4.02. The first-order chi connectivity index (χ1) is 9.83. The Morgan fingerprint density at radius 3 is 2.95 bits per heavy atom. The Balaban J connectivity index is 1.53. The summed E-state index contributed by atoms with van der Waals surface area (Å²) in [6.45, 7) is 2.98. The van der Waals surface area contributed by atoms with Gasteiger partial charge in [-0.15, -0.1) is 0 Å². The van der Waals surface area contributed by atoms with Gasteiger partial charge in [0.2, 0.25) is 0 Å². The summed E-state index contributed by atoms with van der Waals surface area (Å²) in [5.74, 6) is 1.44. The zero-order valence-corrected chi connectivity index (χ0v) is 12.3. The zero-order valence-electron chi connectivity index (χ0n) is 11.6. The fraction of sp³-hybridized carbons (Fsp3) is 0.500. The monoisotopic (exact) mass is 293 g/mol. The molecule has 0 unspecified atom stereocenters. The van der Waals surface area contributed by atoms with Gasteiger partial charge in [-0.1, -0.05) is 23.3 Å². The van der Waals surface area contributed by atoms with Crippen molar-refractivity contribution in [2.45, 2.75) is 32.2 Å². The van der Waals surface area contributed by atoms with Crippen LogP contribution < -0.4 is 14.8 Å². The zero-order chi connectivity index (χ0) is 13.8. The van der Waals surface area contributed by atoms with Crippen LogP contribution in [0.15, 0.2) is 23.8 Å². The minimum Gasteiger partial charge on any atom is -0.486 e. The maximum Gasteiger partial charge on any atom is 0.179 e. The molecule has 3 nitrogen and oxygen atoms in total. The molecule has 1 aromatic carbocycles. The molecule has 1 N–H and O–H groups in total. The number of benzene rings is 1. The Morgan fingerprint density at radius 1 is 1.20 bits per heavy atom. The lowest BCUT2D eigenvalue weighted by Crippen LogP contribution is -2.18.